The molecule has 0 aromatic carbocycles. The Morgan fingerprint density at radius 3 is 2.94 bits per heavy atom. The Labute approximate surface area is 110 Å². The first kappa shape index (κ1) is 12.8. The number of anilines is 1. The molecule has 1 aromatic heterocycles. The van der Waals surface area contributed by atoms with Crippen LogP contribution in [0.2, 0.25) is 0 Å². The quantitative estimate of drug-likeness (QED) is 0.932. The maximum Gasteiger partial charge on any atom is 0.141 e. The van der Waals surface area contributed by atoms with E-state index in [9.17, 15) is 0 Å². The number of hydrogen-bond acceptors (Lipinski definition) is 4. The van der Waals surface area contributed by atoms with Gasteiger partial charge in [0.2, 0.25) is 0 Å². The van der Waals surface area contributed by atoms with Crippen LogP contribution in [-0.2, 0) is 11.2 Å². The van der Waals surface area contributed by atoms with E-state index in [1.54, 1.807) is 0 Å². The summed E-state index contributed by atoms with van der Waals surface area (Å²) in [7, 11) is 0. The Bertz CT molecular complexity index is 392. The average molecular weight is 300 g/mol. The molecule has 1 aliphatic heterocycles. The minimum Gasteiger partial charge on any atom is -0.383 e. The molecule has 1 aliphatic rings. The van der Waals surface area contributed by atoms with Gasteiger partial charge >= 0.3 is 0 Å². The van der Waals surface area contributed by atoms with Crippen LogP contribution >= 0.6 is 15.9 Å². The second-order valence-corrected chi connectivity index (χ2v) is 5.18. The molecule has 1 aromatic rings. The monoisotopic (exact) mass is 299 g/mol. The van der Waals surface area contributed by atoms with E-state index in [0.29, 0.717) is 18.3 Å². The van der Waals surface area contributed by atoms with Crippen molar-refractivity contribution in [3.8, 4) is 0 Å². The van der Waals surface area contributed by atoms with Crippen LogP contribution in [0.1, 0.15) is 43.6 Å². The molecule has 0 aliphatic carbocycles. The summed E-state index contributed by atoms with van der Waals surface area (Å²) in [5, 5.41) is 0. The first-order chi connectivity index (χ1) is 8.22. The minimum atomic E-state index is 0.301. The highest BCUT2D eigenvalue weighted by Crippen LogP contribution is 2.28. The first-order valence-electron chi connectivity index (χ1n) is 6.12. The fraction of sp³-hybridized carbons (Fsp3) is 0.667. The number of nitrogen functional groups attached to an aromatic ring is 1. The number of hydrogen-bond donors (Lipinski definition) is 1. The van der Waals surface area contributed by atoms with Crippen LogP contribution in [0.4, 0.5) is 5.82 Å². The summed E-state index contributed by atoms with van der Waals surface area (Å²) in [5.41, 5.74) is 6.93. The summed E-state index contributed by atoms with van der Waals surface area (Å²) in [5.74, 6) is 1.69. The third-order valence-electron chi connectivity index (χ3n) is 2.98. The SMILES string of the molecule is CCCc1nc(C2CCCOC2)nc(N)c1Br. The highest BCUT2D eigenvalue weighted by Gasteiger charge is 2.21. The number of ether oxygens (including phenoxy) is 1. The molecule has 0 amide bonds. The van der Waals surface area contributed by atoms with Gasteiger partial charge in [0.1, 0.15) is 11.6 Å². The molecule has 0 bridgehead atoms. The summed E-state index contributed by atoms with van der Waals surface area (Å²) >= 11 is 3.46. The van der Waals surface area contributed by atoms with Crippen LogP contribution in [0.15, 0.2) is 4.47 Å². The topological polar surface area (TPSA) is 61.0 Å². The fourth-order valence-electron chi connectivity index (χ4n) is 2.06. The predicted octanol–water partition coefficient (Wildman–Crippen LogP) is 2.67. The Hall–Kier alpha value is -0.680. The Kier molecular flexibility index (Phi) is 4.34. The van der Waals surface area contributed by atoms with E-state index in [-0.39, 0.29) is 0 Å². The van der Waals surface area contributed by atoms with E-state index < -0.39 is 0 Å². The van der Waals surface area contributed by atoms with Gasteiger partial charge in [-0.05, 0) is 35.2 Å². The second-order valence-electron chi connectivity index (χ2n) is 4.39. The van der Waals surface area contributed by atoms with Crippen LogP contribution in [0.25, 0.3) is 0 Å². The van der Waals surface area contributed by atoms with Crippen molar-refractivity contribution in [2.45, 2.75) is 38.5 Å². The van der Waals surface area contributed by atoms with Crippen molar-refractivity contribution in [1.82, 2.24) is 9.97 Å². The van der Waals surface area contributed by atoms with E-state index in [1.165, 1.54) is 0 Å². The third-order valence-corrected chi connectivity index (χ3v) is 3.84. The lowest BCUT2D eigenvalue weighted by atomic mass is 10.0. The Balaban J connectivity index is 2.27. The van der Waals surface area contributed by atoms with Crippen molar-refractivity contribution >= 4 is 21.7 Å². The molecular formula is C12H18BrN3O. The largest absolute Gasteiger partial charge is 0.383 e. The highest BCUT2D eigenvalue weighted by molar-refractivity contribution is 9.10. The summed E-state index contributed by atoms with van der Waals surface area (Å²) < 4.78 is 6.32. The van der Waals surface area contributed by atoms with Gasteiger partial charge < -0.3 is 10.5 Å². The van der Waals surface area contributed by atoms with Gasteiger partial charge in [-0.2, -0.15) is 0 Å². The van der Waals surface area contributed by atoms with E-state index in [1.807, 2.05) is 0 Å². The predicted molar refractivity (Wildman–Crippen MR) is 70.9 cm³/mol. The van der Waals surface area contributed by atoms with Gasteiger partial charge in [-0.1, -0.05) is 13.3 Å². The molecule has 1 fully saturated rings. The summed E-state index contributed by atoms with van der Waals surface area (Å²) in [6.07, 6.45) is 4.14. The molecular weight excluding hydrogens is 282 g/mol. The van der Waals surface area contributed by atoms with Crippen LogP contribution in [0.3, 0.4) is 0 Å². The number of nitrogens with zero attached hydrogens (tertiary/aromatic N) is 2. The molecule has 17 heavy (non-hydrogen) atoms. The Morgan fingerprint density at radius 1 is 1.47 bits per heavy atom. The molecule has 1 saturated heterocycles. The molecule has 2 heterocycles. The highest BCUT2D eigenvalue weighted by atomic mass is 79.9. The maximum absolute atomic E-state index is 5.92. The maximum atomic E-state index is 5.92. The van der Waals surface area contributed by atoms with E-state index in [2.05, 4.69) is 32.8 Å². The molecule has 5 heteroatoms. The zero-order chi connectivity index (χ0) is 12.3. The molecule has 2 rings (SSSR count). The van der Waals surface area contributed by atoms with Crippen LogP contribution < -0.4 is 5.73 Å². The van der Waals surface area contributed by atoms with Crippen molar-refractivity contribution in [2.75, 3.05) is 18.9 Å². The average Bonchev–Trinajstić information content (AvgIpc) is 2.36. The summed E-state index contributed by atoms with van der Waals surface area (Å²) in [4.78, 5) is 9.01. The molecule has 4 nitrogen and oxygen atoms in total. The van der Waals surface area contributed by atoms with Gasteiger partial charge in [0.25, 0.3) is 0 Å². The van der Waals surface area contributed by atoms with Crippen molar-refractivity contribution in [3.05, 3.63) is 16.0 Å². The van der Waals surface area contributed by atoms with Crippen LogP contribution in [0, 0.1) is 0 Å². The summed E-state index contributed by atoms with van der Waals surface area (Å²) in [6.45, 7) is 3.70. The first-order valence-corrected chi connectivity index (χ1v) is 6.91. The molecule has 2 N–H and O–H groups in total. The van der Waals surface area contributed by atoms with Gasteiger partial charge in [0.15, 0.2) is 0 Å². The number of nitrogens with two attached hydrogens (primary N) is 1. The molecule has 1 unspecified atom stereocenters. The van der Waals surface area contributed by atoms with Crippen LogP contribution in [-0.4, -0.2) is 23.2 Å². The van der Waals surface area contributed by atoms with Crippen molar-refractivity contribution in [3.63, 3.8) is 0 Å². The number of aryl methyl sites for hydroxylation is 1. The van der Waals surface area contributed by atoms with Crippen molar-refractivity contribution in [1.29, 1.82) is 0 Å². The molecule has 0 saturated carbocycles. The zero-order valence-corrected chi connectivity index (χ0v) is 11.7. The molecule has 1 atom stereocenters. The van der Waals surface area contributed by atoms with E-state index in [4.69, 9.17) is 10.5 Å². The van der Waals surface area contributed by atoms with Gasteiger partial charge in [-0.3, -0.25) is 0 Å². The second kappa shape index (κ2) is 5.78. The lowest BCUT2D eigenvalue weighted by Gasteiger charge is -2.21. The normalized spacial score (nSPS) is 20.5. The number of halogens is 1. The lowest BCUT2D eigenvalue weighted by Crippen LogP contribution is -2.19. The summed E-state index contributed by atoms with van der Waals surface area (Å²) in [6, 6.07) is 0. The van der Waals surface area contributed by atoms with Gasteiger partial charge in [-0.15, -0.1) is 0 Å². The number of rotatable bonds is 3. The molecule has 94 valence electrons. The fourth-order valence-corrected chi connectivity index (χ4v) is 2.44. The van der Waals surface area contributed by atoms with E-state index in [0.717, 1.165) is 48.3 Å². The third kappa shape index (κ3) is 2.96. The van der Waals surface area contributed by atoms with Gasteiger partial charge in [-0.25, -0.2) is 9.97 Å². The number of aromatic nitrogens is 2. The zero-order valence-electron chi connectivity index (χ0n) is 10.1. The Morgan fingerprint density at radius 2 is 2.29 bits per heavy atom. The lowest BCUT2D eigenvalue weighted by molar-refractivity contribution is 0.0780. The van der Waals surface area contributed by atoms with Crippen molar-refractivity contribution < 1.29 is 4.74 Å². The van der Waals surface area contributed by atoms with Gasteiger partial charge in [0, 0.05) is 12.5 Å². The minimum absolute atomic E-state index is 0.301. The van der Waals surface area contributed by atoms with Crippen LogP contribution in [0.5, 0.6) is 0 Å². The smallest absolute Gasteiger partial charge is 0.141 e. The van der Waals surface area contributed by atoms with Gasteiger partial charge in [0.05, 0.1) is 16.8 Å². The standard InChI is InChI=1S/C12H18BrN3O/c1-2-4-9-10(13)11(14)16-12(15-9)8-5-3-6-17-7-8/h8H,2-7H2,1H3,(H2,14,15,16). The van der Waals surface area contributed by atoms with E-state index >= 15 is 0 Å². The molecule has 0 spiro atoms. The van der Waals surface area contributed by atoms with Crippen molar-refractivity contribution in [2.24, 2.45) is 0 Å². The molecule has 0 radical (unpaired) electrons.